The second kappa shape index (κ2) is 8.31. The number of rotatable bonds is 7. The fourth-order valence-electron chi connectivity index (χ4n) is 2.90. The zero-order valence-corrected chi connectivity index (χ0v) is 13.0. The topological polar surface area (TPSA) is 21.3 Å². The van der Waals surface area contributed by atoms with Gasteiger partial charge in [-0.15, -0.1) is 0 Å². The van der Waals surface area contributed by atoms with E-state index in [-0.39, 0.29) is 0 Å². The van der Waals surface area contributed by atoms with Crippen LogP contribution in [-0.4, -0.2) is 18.7 Å². The Morgan fingerprint density at radius 3 is 2.50 bits per heavy atom. The lowest BCUT2D eigenvalue weighted by Crippen LogP contribution is -2.28. The third-order valence-corrected chi connectivity index (χ3v) is 4.06. The Morgan fingerprint density at radius 2 is 1.85 bits per heavy atom. The molecular formula is C18H29NO. The lowest BCUT2D eigenvalue weighted by molar-refractivity contribution is 0.155. The lowest BCUT2D eigenvalue weighted by atomic mass is 9.98. The van der Waals surface area contributed by atoms with Crippen molar-refractivity contribution in [3.05, 3.63) is 29.8 Å². The van der Waals surface area contributed by atoms with Crippen LogP contribution in [0.3, 0.4) is 0 Å². The Labute approximate surface area is 123 Å². The molecule has 0 aliphatic heterocycles. The largest absolute Gasteiger partial charge is 0.490 e. The summed E-state index contributed by atoms with van der Waals surface area (Å²) in [4.78, 5) is 0. The first-order chi connectivity index (χ1) is 9.78. The fraction of sp³-hybridized carbons (Fsp3) is 0.667. The summed E-state index contributed by atoms with van der Waals surface area (Å²) in [5.41, 5.74) is 1.39. The molecular weight excluding hydrogens is 246 g/mol. The molecule has 0 bridgehead atoms. The third-order valence-electron chi connectivity index (χ3n) is 4.06. The molecule has 20 heavy (non-hydrogen) atoms. The number of benzene rings is 1. The van der Waals surface area contributed by atoms with Crippen molar-refractivity contribution in [2.45, 2.75) is 70.9 Å². The summed E-state index contributed by atoms with van der Waals surface area (Å²) in [5.74, 6) is 1.04. The van der Waals surface area contributed by atoms with Crippen LogP contribution >= 0.6 is 0 Å². The molecule has 1 aliphatic rings. The molecule has 2 nitrogen and oxygen atoms in total. The van der Waals surface area contributed by atoms with Gasteiger partial charge in [-0.2, -0.15) is 0 Å². The molecule has 0 amide bonds. The summed E-state index contributed by atoms with van der Waals surface area (Å²) in [7, 11) is 0. The lowest BCUT2D eigenvalue weighted by Gasteiger charge is -2.23. The maximum Gasteiger partial charge on any atom is 0.119 e. The Kier molecular flexibility index (Phi) is 6.38. The Morgan fingerprint density at radius 1 is 1.15 bits per heavy atom. The highest BCUT2D eigenvalue weighted by Crippen LogP contribution is 2.23. The molecule has 112 valence electrons. The predicted octanol–water partition coefficient (Wildman–Crippen LogP) is 4.33. The van der Waals surface area contributed by atoms with Gasteiger partial charge in [0.05, 0.1) is 6.10 Å². The van der Waals surface area contributed by atoms with Crippen molar-refractivity contribution in [3.8, 4) is 5.75 Å². The fourth-order valence-corrected chi connectivity index (χ4v) is 2.90. The van der Waals surface area contributed by atoms with Crippen molar-refractivity contribution in [2.75, 3.05) is 6.54 Å². The molecule has 1 saturated carbocycles. The zero-order valence-electron chi connectivity index (χ0n) is 13.0. The first kappa shape index (κ1) is 15.4. The number of nitrogens with one attached hydrogen (secondary N) is 1. The van der Waals surface area contributed by atoms with Crippen LogP contribution < -0.4 is 10.1 Å². The van der Waals surface area contributed by atoms with Crippen molar-refractivity contribution >= 4 is 0 Å². The molecule has 2 heteroatoms. The molecule has 2 rings (SSSR count). The highest BCUT2D eigenvalue weighted by Gasteiger charge is 2.14. The SMILES string of the molecule is CCCNC(C)Cc1ccc(OC2CCCCC2)cc1. The van der Waals surface area contributed by atoms with Crippen LogP contribution in [-0.2, 0) is 6.42 Å². The average molecular weight is 275 g/mol. The second-order valence-corrected chi connectivity index (χ2v) is 6.08. The van der Waals surface area contributed by atoms with Gasteiger partial charge in [-0.3, -0.25) is 0 Å². The molecule has 1 atom stereocenters. The average Bonchev–Trinajstić information content (AvgIpc) is 2.48. The number of hydrogen-bond acceptors (Lipinski definition) is 2. The van der Waals surface area contributed by atoms with Crippen molar-refractivity contribution in [1.82, 2.24) is 5.32 Å². The summed E-state index contributed by atoms with van der Waals surface area (Å²) in [6.45, 7) is 5.56. The maximum absolute atomic E-state index is 6.06. The second-order valence-electron chi connectivity index (χ2n) is 6.08. The summed E-state index contributed by atoms with van der Waals surface area (Å²) >= 11 is 0. The van der Waals surface area contributed by atoms with Crippen LogP contribution in [0.5, 0.6) is 5.75 Å². The highest BCUT2D eigenvalue weighted by atomic mass is 16.5. The van der Waals surface area contributed by atoms with Crippen LogP contribution in [0, 0.1) is 0 Å². The number of ether oxygens (including phenoxy) is 1. The molecule has 0 heterocycles. The van der Waals surface area contributed by atoms with E-state index in [0.29, 0.717) is 12.1 Å². The summed E-state index contributed by atoms with van der Waals surface area (Å²) < 4.78 is 6.06. The molecule has 1 aromatic carbocycles. The summed E-state index contributed by atoms with van der Waals surface area (Å²) in [6.07, 6.45) is 9.19. The van der Waals surface area contributed by atoms with Gasteiger partial charge in [0.1, 0.15) is 5.75 Å². The minimum atomic E-state index is 0.444. The van der Waals surface area contributed by atoms with Gasteiger partial charge in [0.15, 0.2) is 0 Å². The van der Waals surface area contributed by atoms with Gasteiger partial charge in [-0.1, -0.05) is 25.5 Å². The van der Waals surface area contributed by atoms with Gasteiger partial charge in [0, 0.05) is 6.04 Å². The van der Waals surface area contributed by atoms with Crippen LogP contribution in [0.15, 0.2) is 24.3 Å². The van der Waals surface area contributed by atoms with Crippen molar-refractivity contribution in [3.63, 3.8) is 0 Å². The highest BCUT2D eigenvalue weighted by molar-refractivity contribution is 5.28. The molecule has 0 aromatic heterocycles. The van der Waals surface area contributed by atoms with E-state index in [9.17, 15) is 0 Å². The smallest absolute Gasteiger partial charge is 0.119 e. The van der Waals surface area contributed by atoms with E-state index in [0.717, 1.165) is 18.7 Å². The standard InChI is InChI=1S/C18H29NO/c1-3-13-19-15(2)14-16-9-11-18(12-10-16)20-17-7-5-4-6-8-17/h9-12,15,17,19H,3-8,13-14H2,1-2H3. The maximum atomic E-state index is 6.06. The van der Waals surface area contributed by atoms with Crippen LogP contribution in [0.25, 0.3) is 0 Å². The van der Waals surface area contributed by atoms with Gasteiger partial charge in [-0.25, -0.2) is 0 Å². The van der Waals surface area contributed by atoms with E-state index in [2.05, 4.69) is 43.4 Å². The van der Waals surface area contributed by atoms with Crippen LogP contribution in [0.4, 0.5) is 0 Å². The summed E-state index contributed by atoms with van der Waals surface area (Å²) in [6, 6.07) is 9.23. The van der Waals surface area contributed by atoms with E-state index in [1.807, 2.05) is 0 Å². The molecule has 0 saturated heterocycles. The molecule has 1 unspecified atom stereocenters. The van der Waals surface area contributed by atoms with Gasteiger partial charge in [-0.05, 0) is 69.7 Å². The Bertz CT molecular complexity index is 368. The van der Waals surface area contributed by atoms with Gasteiger partial charge in [0.2, 0.25) is 0 Å². The third kappa shape index (κ3) is 5.16. The van der Waals surface area contributed by atoms with E-state index >= 15 is 0 Å². The van der Waals surface area contributed by atoms with E-state index in [4.69, 9.17) is 4.74 Å². The predicted molar refractivity (Wildman–Crippen MR) is 85.4 cm³/mol. The molecule has 1 fully saturated rings. The normalized spacial score (nSPS) is 17.9. The van der Waals surface area contributed by atoms with Crippen molar-refractivity contribution < 1.29 is 4.74 Å². The number of hydrogen-bond donors (Lipinski definition) is 1. The van der Waals surface area contributed by atoms with Gasteiger partial charge >= 0.3 is 0 Å². The summed E-state index contributed by atoms with van der Waals surface area (Å²) in [5, 5.41) is 3.53. The first-order valence-corrected chi connectivity index (χ1v) is 8.27. The minimum Gasteiger partial charge on any atom is -0.490 e. The quantitative estimate of drug-likeness (QED) is 0.799. The van der Waals surface area contributed by atoms with E-state index in [1.54, 1.807) is 0 Å². The molecule has 1 aromatic rings. The molecule has 1 aliphatic carbocycles. The van der Waals surface area contributed by atoms with Crippen molar-refractivity contribution in [2.24, 2.45) is 0 Å². The first-order valence-electron chi connectivity index (χ1n) is 8.27. The Balaban J connectivity index is 1.79. The molecule has 0 radical (unpaired) electrons. The monoisotopic (exact) mass is 275 g/mol. The van der Waals surface area contributed by atoms with Crippen LogP contribution in [0.2, 0.25) is 0 Å². The van der Waals surface area contributed by atoms with Gasteiger partial charge in [0.25, 0.3) is 0 Å². The molecule has 0 spiro atoms. The van der Waals surface area contributed by atoms with Crippen LogP contribution in [0.1, 0.15) is 57.9 Å². The van der Waals surface area contributed by atoms with E-state index in [1.165, 1.54) is 44.1 Å². The van der Waals surface area contributed by atoms with Gasteiger partial charge < -0.3 is 10.1 Å². The van der Waals surface area contributed by atoms with Crippen molar-refractivity contribution in [1.29, 1.82) is 0 Å². The zero-order chi connectivity index (χ0) is 14.2. The Hall–Kier alpha value is -1.02. The minimum absolute atomic E-state index is 0.444. The molecule has 1 N–H and O–H groups in total. The van der Waals surface area contributed by atoms with E-state index < -0.39 is 0 Å².